The fraction of sp³-hybridized carbons (Fsp3) is 0.455. The van der Waals surface area contributed by atoms with Crippen molar-refractivity contribution in [3.05, 3.63) is 24.3 Å². The molecule has 0 saturated carbocycles. The maximum absolute atomic E-state index is 12.0. The molecule has 1 rings (SSSR count). The second kappa shape index (κ2) is 7.36. The van der Waals surface area contributed by atoms with Gasteiger partial charge >= 0.3 is 0 Å². The van der Waals surface area contributed by atoms with Gasteiger partial charge < -0.3 is 15.6 Å². The zero-order valence-corrected chi connectivity index (χ0v) is 11.3. The van der Waals surface area contributed by atoms with Gasteiger partial charge in [-0.1, -0.05) is 6.07 Å². The van der Waals surface area contributed by atoms with Crippen LogP contribution in [0.4, 0.5) is 14.5 Å². The van der Waals surface area contributed by atoms with Crippen molar-refractivity contribution in [3.8, 4) is 5.75 Å². The molecule has 0 radical (unpaired) electrons. The van der Waals surface area contributed by atoms with Crippen LogP contribution in [-0.4, -0.2) is 45.0 Å². The van der Waals surface area contributed by atoms with Crippen LogP contribution in [-0.2, 0) is 10.0 Å². The molecule has 0 spiro atoms. The molecule has 0 bridgehead atoms. The minimum Gasteiger partial charge on any atom is -0.492 e. The van der Waals surface area contributed by atoms with Gasteiger partial charge in [0, 0.05) is 18.3 Å². The van der Waals surface area contributed by atoms with Gasteiger partial charge in [0.2, 0.25) is 10.0 Å². The first-order chi connectivity index (χ1) is 9.30. The highest BCUT2D eigenvalue weighted by Gasteiger charge is 2.19. The fourth-order valence-electron chi connectivity index (χ4n) is 1.25. The molecule has 114 valence electrons. The number of hydrogen-bond acceptors (Lipinski definition) is 5. The first-order valence-electron chi connectivity index (χ1n) is 5.72. The third kappa shape index (κ3) is 6.13. The average molecular weight is 310 g/mol. The maximum Gasteiger partial charge on any atom is 0.265 e. The van der Waals surface area contributed by atoms with Gasteiger partial charge in [-0.2, -0.15) is 0 Å². The molecule has 1 atom stereocenters. The predicted octanol–water partition coefficient (Wildman–Crippen LogP) is 0.193. The van der Waals surface area contributed by atoms with Crippen molar-refractivity contribution in [2.45, 2.75) is 12.5 Å². The van der Waals surface area contributed by atoms with Gasteiger partial charge in [-0.05, 0) is 12.1 Å². The Morgan fingerprint density at radius 1 is 1.40 bits per heavy atom. The summed E-state index contributed by atoms with van der Waals surface area (Å²) >= 11 is 0. The molecule has 1 unspecified atom stereocenters. The summed E-state index contributed by atoms with van der Waals surface area (Å²) in [6.07, 6.45) is -5.03. The Labute approximate surface area is 115 Å². The smallest absolute Gasteiger partial charge is 0.265 e. The van der Waals surface area contributed by atoms with Crippen LogP contribution in [0.3, 0.4) is 0 Å². The monoisotopic (exact) mass is 310 g/mol. The minimum atomic E-state index is -3.79. The number of sulfonamides is 1. The number of halogens is 2. The maximum atomic E-state index is 12.0. The molecule has 1 aromatic rings. The van der Waals surface area contributed by atoms with Crippen LogP contribution in [0.2, 0.25) is 0 Å². The van der Waals surface area contributed by atoms with Gasteiger partial charge in [-0.3, -0.25) is 0 Å². The van der Waals surface area contributed by atoms with Crippen molar-refractivity contribution in [1.82, 2.24) is 4.72 Å². The van der Waals surface area contributed by atoms with E-state index in [-0.39, 0.29) is 6.61 Å². The Kier molecular flexibility index (Phi) is 6.11. The van der Waals surface area contributed by atoms with E-state index in [0.29, 0.717) is 11.4 Å². The van der Waals surface area contributed by atoms with Crippen molar-refractivity contribution >= 4 is 15.7 Å². The number of anilines is 1. The number of rotatable bonds is 8. The van der Waals surface area contributed by atoms with E-state index < -0.39 is 34.9 Å². The van der Waals surface area contributed by atoms with E-state index in [9.17, 15) is 17.2 Å². The van der Waals surface area contributed by atoms with Crippen molar-refractivity contribution in [2.24, 2.45) is 0 Å². The standard InChI is InChI=1S/C11H16F2N2O4S/c12-11(13)10(16)7-15-20(17,18)5-4-19-9-3-1-2-8(14)6-9/h1-3,6,10-11,15-16H,4-5,7,14H2. The van der Waals surface area contributed by atoms with E-state index in [1.165, 1.54) is 6.07 Å². The first-order valence-corrected chi connectivity index (χ1v) is 7.37. The van der Waals surface area contributed by atoms with E-state index in [1.54, 1.807) is 18.2 Å². The van der Waals surface area contributed by atoms with Gasteiger partial charge in [0.25, 0.3) is 6.43 Å². The van der Waals surface area contributed by atoms with E-state index in [4.69, 9.17) is 15.6 Å². The van der Waals surface area contributed by atoms with Gasteiger partial charge in [0.15, 0.2) is 0 Å². The molecule has 0 aromatic heterocycles. The molecule has 6 nitrogen and oxygen atoms in total. The molecule has 0 fully saturated rings. The summed E-state index contributed by atoms with van der Waals surface area (Å²) in [5.41, 5.74) is 5.99. The SMILES string of the molecule is Nc1cccc(OCCS(=O)(=O)NCC(O)C(F)F)c1. The van der Waals surface area contributed by atoms with Crippen LogP contribution in [0.5, 0.6) is 5.75 Å². The minimum absolute atomic E-state index is 0.163. The predicted molar refractivity (Wildman–Crippen MR) is 70.1 cm³/mol. The molecule has 1 aromatic carbocycles. The molecule has 0 aliphatic heterocycles. The molecule has 0 aliphatic carbocycles. The lowest BCUT2D eigenvalue weighted by molar-refractivity contribution is -0.000456. The number of hydrogen-bond donors (Lipinski definition) is 3. The lowest BCUT2D eigenvalue weighted by atomic mass is 10.3. The Balaban J connectivity index is 2.36. The number of aliphatic hydroxyl groups is 1. The van der Waals surface area contributed by atoms with Crippen LogP contribution < -0.4 is 15.2 Å². The molecular weight excluding hydrogens is 294 g/mol. The normalized spacial score (nSPS) is 13.4. The molecule has 4 N–H and O–H groups in total. The Bertz CT molecular complexity index is 525. The van der Waals surface area contributed by atoms with Crippen LogP contribution >= 0.6 is 0 Å². The summed E-state index contributed by atoms with van der Waals surface area (Å²) in [4.78, 5) is 0. The Morgan fingerprint density at radius 3 is 2.70 bits per heavy atom. The lowest BCUT2D eigenvalue weighted by Gasteiger charge is -2.11. The molecule has 9 heteroatoms. The fourth-order valence-corrected chi connectivity index (χ4v) is 2.12. The summed E-state index contributed by atoms with van der Waals surface area (Å²) < 4.78 is 53.9. The number of nitrogens with two attached hydrogens (primary N) is 1. The average Bonchev–Trinajstić information content (AvgIpc) is 2.36. The van der Waals surface area contributed by atoms with Crippen molar-refractivity contribution in [2.75, 3.05) is 24.6 Å². The van der Waals surface area contributed by atoms with Crippen molar-refractivity contribution in [1.29, 1.82) is 0 Å². The number of nitrogens with one attached hydrogen (secondary N) is 1. The highest BCUT2D eigenvalue weighted by Crippen LogP contribution is 2.14. The summed E-state index contributed by atoms with van der Waals surface area (Å²) in [6, 6.07) is 6.44. The van der Waals surface area contributed by atoms with E-state index in [1.807, 2.05) is 4.72 Å². The van der Waals surface area contributed by atoms with Gasteiger partial charge in [-0.15, -0.1) is 0 Å². The zero-order valence-electron chi connectivity index (χ0n) is 10.5. The van der Waals surface area contributed by atoms with Crippen molar-refractivity contribution < 1.29 is 27.0 Å². The lowest BCUT2D eigenvalue weighted by Crippen LogP contribution is -2.37. The Hall–Kier alpha value is -1.45. The van der Waals surface area contributed by atoms with Crippen LogP contribution in [0.25, 0.3) is 0 Å². The molecule has 0 amide bonds. The van der Waals surface area contributed by atoms with Crippen molar-refractivity contribution in [3.63, 3.8) is 0 Å². The number of benzene rings is 1. The molecular formula is C11H16F2N2O4S. The van der Waals surface area contributed by atoms with Crippen LogP contribution in [0.1, 0.15) is 0 Å². The highest BCUT2D eigenvalue weighted by atomic mass is 32.2. The number of ether oxygens (including phenoxy) is 1. The van der Waals surface area contributed by atoms with Gasteiger partial charge in [0.1, 0.15) is 18.5 Å². The molecule has 0 aliphatic rings. The number of alkyl halides is 2. The van der Waals surface area contributed by atoms with E-state index in [2.05, 4.69) is 0 Å². The second-order valence-electron chi connectivity index (χ2n) is 3.99. The third-order valence-corrected chi connectivity index (χ3v) is 3.59. The van der Waals surface area contributed by atoms with Gasteiger partial charge in [-0.25, -0.2) is 21.9 Å². The highest BCUT2D eigenvalue weighted by molar-refractivity contribution is 7.89. The molecule has 0 saturated heterocycles. The summed E-state index contributed by atoms with van der Waals surface area (Å²) in [5.74, 6) is -0.00888. The second-order valence-corrected chi connectivity index (χ2v) is 5.92. The molecule has 0 heterocycles. The summed E-state index contributed by atoms with van der Waals surface area (Å²) in [6.45, 7) is -0.901. The van der Waals surface area contributed by atoms with Crippen LogP contribution in [0, 0.1) is 0 Å². The van der Waals surface area contributed by atoms with Crippen LogP contribution in [0.15, 0.2) is 24.3 Å². The van der Waals surface area contributed by atoms with E-state index in [0.717, 1.165) is 0 Å². The zero-order chi connectivity index (χ0) is 15.2. The summed E-state index contributed by atoms with van der Waals surface area (Å²) in [7, 11) is -3.79. The summed E-state index contributed by atoms with van der Waals surface area (Å²) in [5, 5.41) is 8.80. The Morgan fingerprint density at radius 2 is 2.10 bits per heavy atom. The van der Waals surface area contributed by atoms with E-state index >= 15 is 0 Å². The topological polar surface area (TPSA) is 102 Å². The largest absolute Gasteiger partial charge is 0.492 e. The molecule has 20 heavy (non-hydrogen) atoms. The first kappa shape index (κ1) is 16.6. The third-order valence-electron chi connectivity index (χ3n) is 2.28. The quantitative estimate of drug-likeness (QED) is 0.595. The number of aliphatic hydroxyl groups excluding tert-OH is 1. The number of nitrogen functional groups attached to an aromatic ring is 1. The van der Waals surface area contributed by atoms with Gasteiger partial charge in [0.05, 0.1) is 5.75 Å².